The Kier molecular flexibility index (Phi) is 5.21. The van der Waals surface area contributed by atoms with Crippen molar-refractivity contribution in [1.29, 1.82) is 0 Å². The molecule has 1 atom stereocenters. The van der Waals surface area contributed by atoms with Gasteiger partial charge in [0.05, 0.1) is 6.26 Å². The fourth-order valence-electron chi connectivity index (χ4n) is 2.87. The molecule has 1 N–H and O–H groups in total. The Hall–Kier alpha value is -0.880. The molecule has 6 heteroatoms. The Bertz CT molecular complexity index is 465. The van der Waals surface area contributed by atoms with Crippen molar-refractivity contribution in [2.45, 2.75) is 32.1 Å². The Morgan fingerprint density at radius 3 is 2.50 bits per heavy atom. The molecule has 0 aromatic carbocycles. The molecule has 114 valence electrons. The molecular formula is C14H24N2O3S. The van der Waals surface area contributed by atoms with E-state index >= 15 is 0 Å². The normalized spacial score (nSPS) is 25.6. The fourth-order valence-corrected chi connectivity index (χ4v) is 3.74. The second-order valence-electron chi connectivity index (χ2n) is 5.83. The SMILES string of the molecule is CS(=O)(=O)N1CCC(CNC(=O)[C@@H]2CC=CCC2)CC1. The lowest BCUT2D eigenvalue weighted by Gasteiger charge is -2.30. The molecule has 0 radical (unpaired) electrons. The summed E-state index contributed by atoms with van der Waals surface area (Å²) in [6.45, 7) is 1.83. The second-order valence-corrected chi connectivity index (χ2v) is 7.81. The molecule has 2 aliphatic rings. The van der Waals surface area contributed by atoms with Gasteiger partial charge in [-0.3, -0.25) is 4.79 Å². The summed E-state index contributed by atoms with van der Waals surface area (Å²) in [5.74, 6) is 0.673. The molecule has 1 amide bonds. The number of piperidine rings is 1. The van der Waals surface area contributed by atoms with Crippen LogP contribution in [0.15, 0.2) is 12.2 Å². The zero-order valence-electron chi connectivity index (χ0n) is 12.0. The highest BCUT2D eigenvalue weighted by molar-refractivity contribution is 7.88. The number of rotatable bonds is 4. The molecule has 1 fully saturated rings. The first-order chi connectivity index (χ1) is 9.47. The van der Waals surface area contributed by atoms with E-state index in [9.17, 15) is 13.2 Å². The largest absolute Gasteiger partial charge is 0.356 e. The second kappa shape index (κ2) is 6.72. The van der Waals surface area contributed by atoms with Gasteiger partial charge < -0.3 is 5.32 Å². The average molecular weight is 300 g/mol. The van der Waals surface area contributed by atoms with Crippen LogP contribution in [0, 0.1) is 11.8 Å². The number of carbonyl (C=O) groups excluding carboxylic acids is 1. The summed E-state index contributed by atoms with van der Waals surface area (Å²) in [5.41, 5.74) is 0. The Balaban J connectivity index is 1.71. The van der Waals surface area contributed by atoms with Crippen molar-refractivity contribution < 1.29 is 13.2 Å². The minimum absolute atomic E-state index is 0.121. The number of amides is 1. The predicted octanol–water partition coefficient (Wildman–Crippen LogP) is 1.13. The summed E-state index contributed by atoms with van der Waals surface area (Å²) < 4.78 is 24.4. The highest BCUT2D eigenvalue weighted by Gasteiger charge is 2.26. The number of nitrogens with one attached hydrogen (secondary N) is 1. The van der Waals surface area contributed by atoms with E-state index < -0.39 is 10.0 Å². The number of hydrogen-bond acceptors (Lipinski definition) is 3. The molecule has 1 aliphatic carbocycles. The molecule has 0 aromatic rings. The van der Waals surface area contributed by atoms with Crippen LogP contribution in [-0.2, 0) is 14.8 Å². The van der Waals surface area contributed by atoms with Gasteiger partial charge in [0.25, 0.3) is 0 Å². The minimum Gasteiger partial charge on any atom is -0.356 e. The predicted molar refractivity (Wildman–Crippen MR) is 78.6 cm³/mol. The van der Waals surface area contributed by atoms with Gasteiger partial charge >= 0.3 is 0 Å². The summed E-state index contributed by atoms with van der Waals surface area (Å²) in [5, 5.41) is 3.03. The number of nitrogens with zero attached hydrogens (tertiary/aromatic N) is 1. The third-order valence-corrected chi connectivity index (χ3v) is 5.55. The van der Waals surface area contributed by atoms with Gasteiger partial charge in [-0.05, 0) is 38.0 Å². The van der Waals surface area contributed by atoms with E-state index in [0.29, 0.717) is 25.6 Å². The lowest BCUT2D eigenvalue weighted by Crippen LogP contribution is -2.42. The fraction of sp³-hybridized carbons (Fsp3) is 0.786. The van der Waals surface area contributed by atoms with Crippen molar-refractivity contribution >= 4 is 15.9 Å². The summed E-state index contributed by atoms with van der Waals surface area (Å²) in [6.07, 6.45) is 9.91. The lowest BCUT2D eigenvalue weighted by atomic mass is 9.93. The zero-order valence-corrected chi connectivity index (χ0v) is 12.9. The summed E-state index contributed by atoms with van der Waals surface area (Å²) in [6, 6.07) is 0. The highest BCUT2D eigenvalue weighted by Crippen LogP contribution is 2.20. The smallest absolute Gasteiger partial charge is 0.223 e. The topological polar surface area (TPSA) is 66.5 Å². The van der Waals surface area contributed by atoms with E-state index in [1.54, 1.807) is 0 Å². The van der Waals surface area contributed by atoms with E-state index in [4.69, 9.17) is 0 Å². The highest BCUT2D eigenvalue weighted by atomic mass is 32.2. The van der Waals surface area contributed by atoms with Gasteiger partial charge in [-0.25, -0.2) is 12.7 Å². The molecule has 0 aromatic heterocycles. The number of sulfonamides is 1. The van der Waals surface area contributed by atoms with Gasteiger partial charge in [0.1, 0.15) is 0 Å². The molecule has 0 unspecified atom stereocenters. The van der Waals surface area contributed by atoms with Crippen LogP contribution in [0.5, 0.6) is 0 Å². The molecule has 0 bridgehead atoms. The maximum absolute atomic E-state index is 12.0. The maximum Gasteiger partial charge on any atom is 0.223 e. The van der Waals surface area contributed by atoms with Gasteiger partial charge in [0.2, 0.25) is 15.9 Å². The molecule has 0 spiro atoms. The van der Waals surface area contributed by atoms with Crippen molar-refractivity contribution in [3.8, 4) is 0 Å². The van der Waals surface area contributed by atoms with E-state index in [2.05, 4.69) is 17.5 Å². The Labute approximate surface area is 121 Å². The standard InChI is InChI=1S/C14H24N2O3S/c1-20(18,19)16-9-7-12(8-10-16)11-15-14(17)13-5-3-2-4-6-13/h2-3,12-13H,4-11H2,1H3,(H,15,17)/t13-/m1/s1. The monoisotopic (exact) mass is 300 g/mol. The molecule has 5 nitrogen and oxygen atoms in total. The van der Waals surface area contributed by atoms with E-state index in [-0.39, 0.29) is 11.8 Å². The molecule has 20 heavy (non-hydrogen) atoms. The molecule has 0 saturated carbocycles. The van der Waals surface area contributed by atoms with E-state index in [1.807, 2.05) is 0 Å². The molecule has 1 aliphatic heterocycles. The summed E-state index contributed by atoms with van der Waals surface area (Å²) >= 11 is 0. The quantitative estimate of drug-likeness (QED) is 0.792. The van der Waals surface area contributed by atoms with Gasteiger partial charge in [0, 0.05) is 25.6 Å². The van der Waals surface area contributed by atoms with Gasteiger partial charge in [-0.1, -0.05) is 12.2 Å². The summed E-state index contributed by atoms with van der Waals surface area (Å²) in [7, 11) is -3.06. The van der Waals surface area contributed by atoms with Gasteiger partial charge in [0.15, 0.2) is 0 Å². The first kappa shape index (κ1) is 15.5. The molecular weight excluding hydrogens is 276 g/mol. The van der Waals surface area contributed by atoms with Crippen LogP contribution in [-0.4, -0.2) is 44.5 Å². The molecule has 1 heterocycles. The minimum atomic E-state index is -3.06. The van der Waals surface area contributed by atoms with Crippen molar-refractivity contribution in [2.75, 3.05) is 25.9 Å². The number of hydrogen-bond donors (Lipinski definition) is 1. The molecule has 2 rings (SSSR count). The molecule has 1 saturated heterocycles. The van der Waals surface area contributed by atoms with Crippen molar-refractivity contribution in [2.24, 2.45) is 11.8 Å². The van der Waals surface area contributed by atoms with Crippen LogP contribution in [0.3, 0.4) is 0 Å². The van der Waals surface area contributed by atoms with Crippen LogP contribution in [0.2, 0.25) is 0 Å². The van der Waals surface area contributed by atoms with Crippen molar-refractivity contribution in [3.05, 3.63) is 12.2 Å². The van der Waals surface area contributed by atoms with Crippen LogP contribution in [0.4, 0.5) is 0 Å². The first-order valence-electron chi connectivity index (χ1n) is 7.34. The van der Waals surface area contributed by atoms with Crippen LogP contribution in [0.25, 0.3) is 0 Å². The van der Waals surface area contributed by atoms with Crippen LogP contribution < -0.4 is 5.32 Å². The van der Waals surface area contributed by atoms with E-state index in [1.165, 1.54) is 10.6 Å². The Morgan fingerprint density at radius 1 is 1.25 bits per heavy atom. The maximum atomic E-state index is 12.0. The van der Waals surface area contributed by atoms with Crippen molar-refractivity contribution in [3.63, 3.8) is 0 Å². The first-order valence-corrected chi connectivity index (χ1v) is 9.19. The third-order valence-electron chi connectivity index (χ3n) is 4.25. The van der Waals surface area contributed by atoms with Crippen LogP contribution >= 0.6 is 0 Å². The third kappa shape index (κ3) is 4.31. The number of carbonyl (C=O) groups is 1. The Morgan fingerprint density at radius 2 is 1.95 bits per heavy atom. The van der Waals surface area contributed by atoms with Gasteiger partial charge in [-0.2, -0.15) is 0 Å². The average Bonchev–Trinajstić information content (AvgIpc) is 2.45. The zero-order chi connectivity index (χ0) is 14.6. The van der Waals surface area contributed by atoms with E-state index in [0.717, 1.165) is 32.1 Å². The van der Waals surface area contributed by atoms with Crippen molar-refractivity contribution in [1.82, 2.24) is 9.62 Å². The number of allylic oxidation sites excluding steroid dienone is 2. The lowest BCUT2D eigenvalue weighted by molar-refractivity contribution is -0.125. The van der Waals surface area contributed by atoms with Crippen LogP contribution in [0.1, 0.15) is 32.1 Å². The van der Waals surface area contributed by atoms with Gasteiger partial charge in [-0.15, -0.1) is 0 Å². The summed E-state index contributed by atoms with van der Waals surface area (Å²) in [4.78, 5) is 12.0.